The lowest BCUT2D eigenvalue weighted by atomic mass is 9.83. The molecule has 0 N–H and O–H groups in total. The molecular weight excluding hydrogens is 272 g/mol. The van der Waals surface area contributed by atoms with Crippen molar-refractivity contribution in [1.29, 1.82) is 0 Å². The number of para-hydroxylation sites is 1. The highest BCUT2D eigenvalue weighted by Gasteiger charge is 2.37. The minimum atomic E-state index is 0.168. The van der Waals surface area contributed by atoms with Gasteiger partial charge in [0.25, 0.3) is 0 Å². The monoisotopic (exact) mass is 292 g/mol. The van der Waals surface area contributed by atoms with Crippen molar-refractivity contribution < 1.29 is 4.79 Å². The first-order chi connectivity index (χ1) is 10.7. The van der Waals surface area contributed by atoms with Gasteiger partial charge < -0.3 is 4.90 Å². The van der Waals surface area contributed by atoms with Gasteiger partial charge in [0.2, 0.25) is 5.91 Å². The number of amides is 1. The number of carbonyl (C=O) groups excluding carboxylic acids is 1. The van der Waals surface area contributed by atoms with Gasteiger partial charge in [-0.25, -0.2) is 0 Å². The van der Waals surface area contributed by atoms with Crippen molar-refractivity contribution in [3.05, 3.63) is 65.2 Å². The van der Waals surface area contributed by atoms with E-state index in [1.54, 1.807) is 4.90 Å². The molecule has 0 bridgehead atoms. The second-order valence-corrected chi connectivity index (χ2v) is 6.37. The Balaban J connectivity index is 1.96. The second kappa shape index (κ2) is 4.96. The van der Waals surface area contributed by atoms with Crippen LogP contribution in [0.3, 0.4) is 0 Å². The van der Waals surface area contributed by atoms with Gasteiger partial charge in [-0.05, 0) is 28.7 Å². The summed E-state index contributed by atoms with van der Waals surface area (Å²) in [7, 11) is 1.88. The fourth-order valence-electron chi connectivity index (χ4n) is 3.92. The van der Waals surface area contributed by atoms with Gasteiger partial charge in [0.1, 0.15) is 0 Å². The Labute approximate surface area is 131 Å². The fraction of sp³-hybridized carbons (Fsp3) is 0.316. The molecule has 0 aliphatic carbocycles. The molecule has 2 heterocycles. The third-order valence-corrected chi connectivity index (χ3v) is 5.00. The molecule has 3 nitrogen and oxygen atoms in total. The summed E-state index contributed by atoms with van der Waals surface area (Å²) in [6.07, 6.45) is 0. The Bertz CT molecular complexity index is 740. The topological polar surface area (TPSA) is 23.6 Å². The molecule has 2 aliphatic rings. The number of carbonyl (C=O) groups is 1. The lowest BCUT2D eigenvalue weighted by Crippen LogP contribution is -2.41. The van der Waals surface area contributed by atoms with Crippen LogP contribution in [-0.4, -0.2) is 30.9 Å². The number of nitrogens with zero attached hydrogens (tertiary/aromatic N) is 2. The first-order valence-corrected chi connectivity index (χ1v) is 7.85. The second-order valence-electron chi connectivity index (χ2n) is 6.37. The highest BCUT2D eigenvalue weighted by molar-refractivity contribution is 5.96. The average Bonchev–Trinajstić information content (AvgIpc) is 2.64. The van der Waals surface area contributed by atoms with Crippen molar-refractivity contribution in [2.45, 2.75) is 18.9 Å². The first-order valence-electron chi connectivity index (χ1n) is 7.85. The van der Waals surface area contributed by atoms with E-state index in [4.69, 9.17) is 0 Å². The summed E-state index contributed by atoms with van der Waals surface area (Å²) < 4.78 is 0. The van der Waals surface area contributed by atoms with E-state index < -0.39 is 0 Å². The van der Waals surface area contributed by atoms with Crippen LogP contribution >= 0.6 is 0 Å². The normalized spacial score (nSPS) is 24.3. The van der Waals surface area contributed by atoms with E-state index in [2.05, 4.69) is 54.3 Å². The van der Waals surface area contributed by atoms with Crippen LogP contribution in [0.15, 0.2) is 48.5 Å². The standard InChI is InChI=1S/C19H20N2O/c1-13-11-21-12-18(22)20(2)17-10-6-5-9-16(17)19(21)15-8-4-3-7-14(13)15/h3-10,13,19H,11-12H2,1-2H3/t13-,19+/m1/s1. The number of hydrogen-bond donors (Lipinski definition) is 0. The maximum atomic E-state index is 12.5. The van der Waals surface area contributed by atoms with Crippen molar-refractivity contribution in [2.24, 2.45) is 0 Å². The molecule has 0 radical (unpaired) electrons. The summed E-state index contributed by atoms with van der Waals surface area (Å²) in [5, 5.41) is 0. The third kappa shape index (κ3) is 1.89. The van der Waals surface area contributed by atoms with E-state index in [0.717, 1.165) is 12.2 Å². The Morgan fingerprint density at radius 2 is 1.59 bits per heavy atom. The lowest BCUT2D eigenvalue weighted by molar-refractivity contribution is -0.119. The molecular formula is C19H20N2O. The zero-order chi connectivity index (χ0) is 15.3. The zero-order valence-corrected chi connectivity index (χ0v) is 13.0. The minimum Gasteiger partial charge on any atom is -0.314 e. The van der Waals surface area contributed by atoms with Crippen molar-refractivity contribution >= 4 is 11.6 Å². The van der Waals surface area contributed by atoms with Gasteiger partial charge in [0, 0.05) is 19.3 Å². The molecule has 2 atom stereocenters. The maximum absolute atomic E-state index is 12.5. The van der Waals surface area contributed by atoms with E-state index >= 15 is 0 Å². The van der Waals surface area contributed by atoms with Crippen molar-refractivity contribution in [3.63, 3.8) is 0 Å². The summed E-state index contributed by atoms with van der Waals surface area (Å²) in [5.74, 6) is 0.623. The Kier molecular flexibility index (Phi) is 3.05. The average molecular weight is 292 g/mol. The Morgan fingerprint density at radius 1 is 0.955 bits per heavy atom. The Morgan fingerprint density at radius 3 is 2.36 bits per heavy atom. The van der Waals surface area contributed by atoms with Crippen LogP contribution in [0, 0.1) is 0 Å². The molecule has 4 rings (SSSR count). The summed E-state index contributed by atoms with van der Waals surface area (Å²) in [4.78, 5) is 16.7. The summed E-state index contributed by atoms with van der Waals surface area (Å²) in [5.41, 5.74) is 5.02. The van der Waals surface area contributed by atoms with Gasteiger partial charge in [-0.15, -0.1) is 0 Å². The van der Waals surface area contributed by atoms with Crippen LogP contribution in [0.4, 0.5) is 5.69 Å². The van der Waals surface area contributed by atoms with Crippen LogP contribution in [-0.2, 0) is 4.79 Å². The summed E-state index contributed by atoms with van der Waals surface area (Å²) >= 11 is 0. The smallest absolute Gasteiger partial charge is 0.240 e. The molecule has 0 saturated heterocycles. The minimum absolute atomic E-state index is 0.168. The predicted octanol–water partition coefficient (Wildman–Crippen LogP) is 3.17. The molecule has 0 aromatic heterocycles. The number of likely N-dealkylation sites (N-methyl/N-ethyl adjacent to an activating group) is 1. The van der Waals surface area contributed by atoms with Crippen molar-refractivity contribution in [1.82, 2.24) is 4.90 Å². The number of rotatable bonds is 0. The molecule has 22 heavy (non-hydrogen) atoms. The van der Waals surface area contributed by atoms with E-state index in [9.17, 15) is 4.79 Å². The summed E-state index contributed by atoms with van der Waals surface area (Å²) in [6, 6.07) is 17.1. The van der Waals surface area contributed by atoms with Gasteiger partial charge in [-0.3, -0.25) is 9.69 Å². The van der Waals surface area contributed by atoms with Crippen LogP contribution in [0.1, 0.15) is 35.6 Å². The highest BCUT2D eigenvalue weighted by Crippen LogP contribution is 2.43. The summed E-state index contributed by atoms with van der Waals surface area (Å²) in [6.45, 7) is 3.66. The van der Waals surface area contributed by atoms with E-state index in [1.165, 1.54) is 16.7 Å². The first kappa shape index (κ1) is 13.5. The highest BCUT2D eigenvalue weighted by atomic mass is 16.2. The molecule has 2 aliphatic heterocycles. The van der Waals surface area contributed by atoms with Gasteiger partial charge >= 0.3 is 0 Å². The van der Waals surface area contributed by atoms with E-state index in [0.29, 0.717) is 12.5 Å². The quantitative estimate of drug-likeness (QED) is 0.744. The lowest BCUT2D eigenvalue weighted by Gasteiger charge is -2.39. The maximum Gasteiger partial charge on any atom is 0.240 e. The fourth-order valence-corrected chi connectivity index (χ4v) is 3.92. The van der Waals surface area contributed by atoms with Gasteiger partial charge in [0.05, 0.1) is 12.6 Å². The van der Waals surface area contributed by atoms with Gasteiger partial charge in [-0.2, -0.15) is 0 Å². The van der Waals surface area contributed by atoms with Crippen LogP contribution in [0.25, 0.3) is 0 Å². The van der Waals surface area contributed by atoms with Crippen molar-refractivity contribution in [2.75, 3.05) is 25.0 Å². The number of anilines is 1. The molecule has 2 aromatic carbocycles. The van der Waals surface area contributed by atoms with Crippen molar-refractivity contribution in [3.8, 4) is 0 Å². The van der Waals surface area contributed by atoms with Gasteiger partial charge in [-0.1, -0.05) is 49.4 Å². The molecule has 0 unspecified atom stereocenters. The number of hydrogen-bond acceptors (Lipinski definition) is 2. The SMILES string of the molecule is C[C@@H]1CN2CC(=O)N(C)c3ccccc3[C@@H]2c2ccccc21. The predicted molar refractivity (Wildman–Crippen MR) is 88.1 cm³/mol. The third-order valence-electron chi connectivity index (χ3n) is 5.00. The molecule has 0 fully saturated rings. The molecule has 0 spiro atoms. The van der Waals surface area contributed by atoms with E-state index in [-0.39, 0.29) is 11.9 Å². The molecule has 112 valence electrons. The van der Waals surface area contributed by atoms with Crippen LogP contribution in [0.2, 0.25) is 0 Å². The zero-order valence-electron chi connectivity index (χ0n) is 13.0. The van der Waals surface area contributed by atoms with Crippen LogP contribution in [0.5, 0.6) is 0 Å². The Hall–Kier alpha value is -2.13. The molecule has 3 heteroatoms. The number of benzene rings is 2. The molecule has 1 amide bonds. The molecule has 0 saturated carbocycles. The largest absolute Gasteiger partial charge is 0.314 e. The number of fused-ring (bicyclic) bond motifs is 5. The van der Waals surface area contributed by atoms with Gasteiger partial charge in [0.15, 0.2) is 0 Å². The van der Waals surface area contributed by atoms with Crippen LogP contribution < -0.4 is 4.90 Å². The molecule has 2 aromatic rings. The van der Waals surface area contributed by atoms with E-state index in [1.807, 2.05) is 13.1 Å².